The number of hydrogen-bond donors (Lipinski definition) is 1. The molecule has 0 spiro atoms. The van der Waals surface area contributed by atoms with Crippen LogP contribution in [0.4, 0.5) is 14.5 Å². The van der Waals surface area contributed by atoms with Gasteiger partial charge in [-0.2, -0.15) is 4.98 Å². The first-order valence-electron chi connectivity index (χ1n) is 11.8. The van der Waals surface area contributed by atoms with Gasteiger partial charge in [-0.25, -0.2) is 8.78 Å². The third kappa shape index (κ3) is 5.60. The summed E-state index contributed by atoms with van der Waals surface area (Å²) >= 11 is 11.0. The zero-order chi connectivity index (χ0) is 27.9. The van der Waals surface area contributed by atoms with Crippen LogP contribution in [0.25, 0.3) is 11.4 Å². The fourth-order valence-electron chi connectivity index (χ4n) is 4.40. The number of anilines is 1. The molecule has 2 unspecified atom stereocenters. The molecule has 4 aromatic rings. The lowest BCUT2D eigenvalue weighted by atomic mass is 9.95. The predicted octanol–water partition coefficient (Wildman–Crippen LogP) is 6.52. The van der Waals surface area contributed by atoms with Crippen molar-refractivity contribution in [3.05, 3.63) is 98.9 Å². The fourth-order valence-corrected chi connectivity index (χ4v) is 5.63. The first-order chi connectivity index (χ1) is 18.6. The maximum Gasteiger partial charge on any atom is 0.237 e. The van der Waals surface area contributed by atoms with Crippen molar-refractivity contribution in [2.75, 3.05) is 5.32 Å². The maximum atomic E-state index is 14.2. The number of halogens is 4. The molecule has 202 valence electrons. The number of hydrogen-bond acceptors (Lipinski definition) is 6. The monoisotopic (exact) mass is 590 g/mol. The number of carbonyl (C=O) groups excluding carboxylic acids is 1. The van der Waals surface area contributed by atoms with E-state index in [2.05, 4.69) is 15.5 Å². The number of benzene rings is 3. The Balaban J connectivity index is 1.32. The number of nitrogens with zero attached hydrogens (tertiary/aromatic N) is 2. The Morgan fingerprint density at radius 3 is 2.38 bits per heavy atom. The van der Waals surface area contributed by atoms with Crippen LogP contribution in [0.3, 0.4) is 0 Å². The SMILES string of the molecule is CC(c1ccc(CC(=O)Nc2cc(Cl)c(C3(c4nc(-c5ccc(F)cc5F)no4)CC3)c(Cl)c2)cc1)S(=O)[O-]. The van der Waals surface area contributed by atoms with Crippen molar-refractivity contribution in [1.82, 2.24) is 10.1 Å². The molecule has 7 nitrogen and oxygen atoms in total. The molecule has 1 heterocycles. The lowest BCUT2D eigenvalue weighted by Gasteiger charge is -2.17. The zero-order valence-corrected chi connectivity index (χ0v) is 22.7. The molecule has 1 aromatic heterocycles. The number of amides is 1. The van der Waals surface area contributed by atoms with Crippen LogP contribution in [-0.2, 0) is 27.7 Å². The average Bonchev–Trinajstić information content (AvgIpc) is 3.50. The van der Waals surface area contributed by atoms with Gasteiger partial charge in [0.2, 0.25) is 17.6 Å². The van der Waals surface area contributed by atoms with Crippen molar-refractivity contribution >= 4 is 45.9 Å². The Hall–Kier alpha value is -3.18. The van der Waals surface area contributed by atoms with Gasteiger partial charge in [0.25, 0.3) is 0 Å². The van der Waals surface area contributed by atoms with E-state index in [0.29, 0.717) is 35.2 Å². The molecular weight excluding hydrogens is 571 g/mol. The highest BCUT2D eigenvalue weighted by molar-refractivity contribution is 7.79. The Morgan fingerprint density at radius 1 is 1.13 bits per heavy atom. The Labute approximate surface area is 234 Å². The van der Waals surface area contributed by atoms with Crippen LogP contribution in [0.15, 0.2) is 59.1 Å². The van der Waals surface area contributed by atoms with Gasteiger partial charge in [0.05, 0.1) is 17.4 Å². The van der Waals surface area contributed by atoms with E-state index in [-0.39, 0.29) is 39.7 Å². The molecule has 1 N–H and O–H groups in total. The molecule has 0 saturated heterocycles. The van der Waals surface area contributed by atoms with Crippen LogP contribution < -0.4 is 5.32 Å². The highest BCUT2D eigenvalue weighted by Crippen LogP contribution is 2.57. The minimum atomic E-state index is -2.23. The molecule has 12 heteroatoms. The van der Waals surface area contributed by atoms with Crippen molar-refractivity contribution in [3.8, 4) is 11.4 Å². The van der Waals surface area contributed by atoms with Crippen LogP contribution >= 0.6 is 23.2 Å². The minimum absolute atomic E-state index is 0.00183. The Morgan fingerprint density at radius 2 is 1.79 bits per heavy atom. The second kappa shape index (κ2) is 10.8. The van der Waals surface area contributed by atoms with Crippen molar-refractivity contribution in [1.29, 1.82) is 0 Å². The molecule has 1 amide bonds. The zero-order valence-electron chi connectivity index (χ0n) is 20.3. The number of aromatic nitrogens is 2. The van der Waals surface area contributed by atoms with Gasteiger partial charge < -0.3 is 14.4 Å². The summed E-state index contributed by atoms with van der Waals surface area (Å²) in [6, 6.07) is 13.0. The van der Waals surface area contributed by atoms with Crippen molar-refractivity contribution in [3.63, 3.8) is 0 Å². The Bertz CT molecular complexity index is 1570. The largest absolute Gasteiger partial charge is 0.772 e. The maximum absolute atomic E-state index is 14.2. The molecule has 3 aromatic carbocycles. The van der Waals surface area contributed by atoms with E-state index < -0.39 is 33.4 Å². The van der Waals surface area contributed by atoms with E-state index in [1.54, 1.807) is 43.3 Å². The number of rotatable bonds is 8. The molecule has 1 fully saturated rings. The predicted molar refractivity (Wildman–Crippen MR) is 142 cm³/mol. The molecule has 0 radical (unpaired) electrons. The normalized spacial score (nSPS) is 15.5. The van der Waals surface area contributed by atoms with E-state index in [1.165, 1.54) is 6.07 Å². The van der Waals surface area contributed by atoms with E-state index in [1.807, 2.05) is 0 Å². The molecule has 1 saturated carbocycles. The first kappa shape index (κ1) is 27.4. The molecule has 1 aliphatic carbocycles. The van der Waals surface area contributed by atoms with E-state index in [9.17, 15) is 22.3 Å². The van der Waals surface area contributed by atoms with E-state index >= 15 is 0 Å². The van der Waals surface area contributed by atoms with Crippen LogP contribution in [0.5, 0.6) is 0 Å². The Kier molecular flexibility index (Phi) is 7.56. The van der Waals surface area contributed by atoms with Gasteiger partial charge in [-0.05, 0) is 66.2 Å². The summed E-state index contributed by atoms with van der Waals surface area (Å²) in [5.41, 5.74) is 1.52. The summed E-state index contributed by atoms with van der Waals surface area (Å²) < 4.78 is 55.3. The summed E-state index contributed by atoms with van der Waals surface area (Å²) in [6.45, 7) is 1.58. The highest BCUT2D eigenvalue weighted by Gasteiger charge is 2.53. The van der Waals surface area contributed by atoms with E-state index in [4.69, 9.17) is 27.7 Å². The topological polar surface area (TPSA) is 108 Å². The molecule has 1 aliphatic rings. The lowest BCUT2D eigenvalue weighted by Crippen LogP contribution is -2.16. The summed E-state index contributed by atoms with van der Waals surface area (Å²) in [7, 11) is 0. The van der Waals surface area contributed by atoms with Crippen molar-refractivity contribution in [2.45, 2.75) is 36.9 Å². The number of carbonyl (C=O) groups is 1. The summed E-state index contributed by atoms with van der Waals surface area (Å²) in [4.78, 5) is 17.0. The fraction of sp³-hybridized carbons (Fsp3) is 0.222. The summed E-state index contributed by atoms with van der Waals surface area (Å²) in [6.07, 6.45) is 1.28. The summed E-state index contributed by atoms with van der Waals surface area (Å²) in [5, 5.41) is 6.56. The van der Waals surface area contributed by atoms with Gasteiger partial charge >= 0.3 is 0 Å². The molecule has 2 atom stereocenters. The van der Waals surface area contributed by atoms with Crippen LogP contribution in [0.2, 0.25) is 10.0 Å². The van der Waals surface area contributed by atoms with Crippen LogP contribution in [-0.4, -0.2) is 24.8 Å². The minimum Gasteiger partial charge on any atom is -0.772 e. The third-order valence-electron chi connectivity index (χ3n) is 6.66. The molecule has 0 bridgehead atoms. The van der Waals surface area contributed by atoms with Gasteiger partial charge in [-0.15, -0.1) is 0 Å². The van der Waals surface area contributed by atoms with E-state index in [0.717, 1.165) is 12.1 Å². The smallest absolute Gasteiger partial charge is 0.237 e. The number of nitrogens with one attached hydrogen (secondary N) is 1. The van der Waals surface area contributed by atoms with Gasteiger partial charge in [-0.1, -0.05) is 52.6 Å². The van der Waals surface area contributed by atoms with Gasteiger partial charge in [0.1, 0.15) is 11.6 Å². The lowest BCUT2D eigenvalue weighted by molar-refractivity contribution is -0.115. The second-order valence-corrected chi connectivity index (χ2v) is 11.4. The van der Waals surface area contributed by atoms with Crippen molar-refractivity contribution < 1.29 is 26.9 Å². The molecule has 0 aliphatic heterocycles. The average molecular weight is 591 g/mol. The molecular formula is C27H20Cl2F2N3O4S-. The van der Waals surface area contributed by atoms with Gasteiger partial charge in [0.15, 0.2) is 0 Å². The van der Waals surface area contributed by atoms with Crippen molar-refractivity contribution in [2.24, 2.45) is 0 Å². The quantitative estimate of drug-likeness (QED) is 0.234. The van der Waals surface area contributed by atoms with Crippen LogP contribution in [0.1, 0.15) is 47.6 Å². The highest BCUT2D eigenvalue weighted by atomic mass is 35.5. The first-order valence-corrected chi connectivity index (χ1v) is 13.7. The van der Waals surface area contributed by atoms with Gasteiger partial charge in [-0.3, -0.25) is 9.00 Å². The second-order valence-electron chi connectivity index (χ2n) is 9.31. The van der Waals surface area contributed by atoms with Crippen LogP contribution in [0, 0.1) is 11.6 Å². The standard InChI is InChI=1S/C27H21Cl2F2N3O4S/c1-14(39(36)37)16-4-2-15(3-5-16)10-23(35)32-18-12-20(28)24(21(29)13-18)27(8-9-27)26-33-25(34-38-26)19-7-6-17(30)11-22(19)31/h2-7,11-14H,8-10H2,1H3,(H,32,35)(H,36,37)/p-1. The molecule has 5 rings (SSSR count). The molecule has 39 heavy (non-hydrogen) atoms. The third-order valence-corrected chi connectivity index (χ3v) is 8.11. The van der Waals surface area contributed by atoms with Gasteiger partial charge in [0, 0.05) is 32.6 Å². The summed E-state index contributed by atoms with van der Waals surface area (Å²) in [5.74, 6) is -1.65.